The highest BCUT2D eigenvalue weighted by atomic mass is 32.2. The van der Waals surface area contributed by atoms with Crippen LogP contribution < -0.4 is 5.32 Å². The normalized spacial score (nSPS) is 16.7. The number of hydrogen-bond acceptors (Lipinski definition) is 5. The molecule has 1 fully saturated rings. The Morgan fingerprint density at radius 1 is 1.24 bits per heavy atom. The first-order chi connectivity index (χ1) is 9.96. The number of aromatic nitrogens is 1. The second-order valence-corrected chi connectivity index (χ2v) is 8.47. The van der Waals surface area contributed by atoms with Gasteiger partial charge < -0.3 is 5.32 Å². The largest absolute Gasteiger partial charge is 0.380 e. The van der Waals surface area contributed by atoms with Crippen molar-refractivity contribution in [2.24, 2.45) is 0 Å². The summed E-state index contributed by atoms with van der Waals surface area (Å²) in [6.45, 7) is 4.56. The molecule has 7 heteroatoms. The number of benzene rings is 1. The van der Waals surface area contributed by atoms with E-state index in [0.29, 0.717) is 23.0 Å². The Hall–Kier alpha value is -1.44. The molecule has 0 bridgehead atoms. The Balaban J connectivity index is 1.67. The number of rotatable bonds is 4. The molecule has 0 atom stereocenters. The highest BCUT2D eigenvalue weighted by molar-refractivity contribution is 7.91. The summed E-state index contributed by atoms with van der Waals surface area (Å²) in [5.41, 5.74) is 1.61. The highest BCUT2D eigenvalue weighted by Crippen LogP contribution is 2.29. The zero-order chi connectivity index (χ0) is 15.0. The summed E-state index contributed by atoms with van der Waals surface area (Å²) in [5.74, 6) is 0. The summed E-state index contributed by atoms with van der Waals surface area (Å²) < 4.78 is 26.9. The lowest BCUT2D eigenvalue weighted by molar-refractivity contribution is 0.281. The van der Waals surface area contributed by atoms with Gasteiger partial charge in [0.1, 0.15) is 0 Å². The van der Waals surface area contributed by atoms with Gasteiger partial charge in [0, 0.05) is 18.8 Å². The fraction of sp³-hybridized carbons (Fsp3) is 0.357. The summed E-state index contributed by atoms with van der Waals surface area (Å²) in [7, 11) is -3.39. The molecule has 1 aliphatic rings. The summed E-state index contributed by atoms with van der Waals surface area (Å²) in [6, 6.07) is 9.99. The minimum absolute atomic E-state index is 0.163. The van der Waals surface area contributed by atoms with Crippen LogP contribution in [0.3, 0.4) is 0 Å². The zero-order valence-corrected chi connectivity index (χ0v) is 13.5. The van der Waals surface area contributed by atoms with E-state index in [1.807, 2.05) is 37.3 Å². The molecule has 1 aromatic carbocycles. The smallest absolute Gasteiger partial charge is 0.254 e. The van der Waals surface area contributed by atoms with Crippen LogP contribution in [0.15, 0.2) is 34.5 Å². The van der Waals surface area contributed by atoms with Gasteiger partial charge >= 0.3 is 0 Å². The van der Waals surface area contributed by atoms with Gasteiger partial charge in [0.05, 0.1) is 16.7 Å². The monoisotopic (exact) mass is 323 g/mol. The molecule has 1 saturated heterocycles. The van der Waals surface area contributed by atoms with E-state index in [0.717, 1.165) is 10.7 Å². The maximum absolute atomic E-state index is 12.5. The molecule has 0 unspecified atom stereocenters. The molecule has 0 saturated carbocycles. The first kappa shape index (κ1) is 14.5. The molecule has 1 aromatic heterocycles. The maximum Gasteiger partial charge on any atom is 0.254 e. The number of para-hydroxylation sites is 1. The van der Waals surface area contributed by atoms with Crippen LogP contribution in [0.4, 0.5) is 5.69 Å². The number of thiazole rings is 1. The average Bonchev–Trinajstić information content (AvgIpc) is 2.74. The number of hydrogen-bond donors (Lipinski definition) is 1. The number of nitrogens with one attached hydrogen (secondary N) is 1. The molecule has 0 radical (unpaired) electrons. The van der Waals surface area contributed by atoms with Gasteiger partial charge in [-0.15, -0.1) is 11.3 Å². The third-order valence-electron chi connectivity index (χ3n) is 3.43. The molecule has 21 heavy (non-hydrogen) atoms. The van der Waals surface area contributed by atoms with Crippen LogP contribution in [-0.2, 0) is 10.0 Å². The molecule has 0 aliphatic carbocycles. The van der Waals surface area contributed by atoms with E-state index < -0.39 is 10.0 Å². The van der Waals surface area contributed by atoms with E-state index in [9.17, 15) is 8.42 Å². The van der Waals surface area contributed by atoms with Crippen LogP contribution in [0.2, 0.25) is 0 Å². The second-order valence-electron chi connectivity index (χ2n) is 5.14. The van der Waals surface area contributed by atoms with Crippen LogP contribution in [0.1, 0.15) is 10.7 Å². The number of anilines is 1. The van der Waals surface area contributed by atoms with Crippen molar-refractivity contribution >= 4 is 27.0 Å². The molecule has 3 rings (SSSR count). The van der Waals surface area contributed by atoms with E-state index in [1.165, 1.54) is 15.6 Å². The lowest BCUT2D eigenvalue weighted by Gasteiger charge is -2.38. The average molecular weight is 323 g/mol. The van der Waals surface area contributed by atoms with Gasteiger partial charge in [-0.25, -0.2) is 13.4 Å². The lowest BCUT2D eigenvalue weighted by Crippen LogP contribution is -2.56. The van der Waals surface area contributed by atoms with Crippen LogP contribution in [0, 0.1) is 13.8 Å². The van der Waals surface area contributed by atoms with Crippen molar-refractivity contribution in [3.63, 3.8) is 0 Å². The third kappa shape index (κ3) is 2.81. The molecule has 2 aromatic rings. The molecule has 1 N–H and O–H groups in total. The van der Waals surface area contributed by atoms with Gasteiger partial charge in [-0.1, -0.05) is 18.2 Å². The predicted octanol–water partition coefficient (Wildman–Crippen LogP) is 2.24. The van der Waals surface area contributed by atoms with Gasteiger partial charge in [-0.2, -0.15) is 4.31 Å². The zero-order valence-electron chi connectivity index (χ0n) is 11.9. The first-order valence-corrected chi connectivity index (χ1v) is 8.98. The van der Waals surface area contributed by atoms with Crippen molar-refractivity contribution in [1.82, 2.24) is 9.29 Å². The first-order valence-electron chi connectivity index (χ1n) is 6.72. The second kappa shape index (κ2) is 5.40. The van der Waals surface area contributed by atoms with Crippen LogP contribution >= 0.6 is 11.3 Å². The highest BCUT2D eigenvalue weighted by Gasteiger charge is 2.38. The fourth-order valence-electron chi connectivity index (χ4n) is 2.36. The quantitative estimate of drug-likeness (QED) is 0.937. The molecule has 112 valence electrons. The SMILES string of the molecule is Cc1nc(C)c(S(=O)(=O)N2CC(Nc3ccccc3)C2)s1. The predicted molar refractivity (Wildman–Crippen MR) is 84.2 cm³/mol. The van der Waals surface area contributed by atoms with Crippen LogP contribution in [0.5, 0.6) is 0 Å². The van der Waals surface area contributed by atoms with Crippen molar-refractivity contribution in [2.75, 3.05) is 18.4 Å². The molecule has 5 nitrogen and oxygen atoms in total. The third-order valence-corrected chi connectivity index (χ3v) is 6.92. The maximum atomic E-state index is 12.5. The Kier molecular flexibility index (Phi) is 3.73. The van der Waals surface area contributed by atoms with Crippen molar-refractivity contribution < 1.29 is 8.42 Å². The van der Waals surface area contributed by atoms with Crippen molar-refractivity contribution in [2.45, 2.75) is 24.1 Å². The molecular weight excluding hydrogens is 306 g/mol. The van der Waals surface area contributed by atoms with E-state index >= 15 is 0 Å². The lowest BCUT2D eigenvalue weighted by atomic mass is 10.1. The summed E-state index contributed by atoms with van der Waals surface area (Å²) in [5, 5.41) is 4.12. The Labute approximate surface area is 128 Å². The standard InChI is InChI=1S/C14H17N3O2S2/c1-10-14(20-11(2)15-10)21(18,19)17-8-13(9-17)16-12-6-4-3-5-7-12/h3-7,13,16H,8-9H2,1-2H3. The molecular formula is C14H17N3O2S2. The van der Waals surface area contributed by atoms with E-state index in [2.05, 4.69) is 10.3 Å². The van der Waals surface area contributed by atoms with E-state index in [1.54, 1.807) is 6.92 Å². The number of nitrogens with zero attached hydrogens (tertiary/aromatic N) is 2. The summed E-state index contributed by atoms with van der Waals surface area (Å²) >= 11 is 1.24. The van der Waals surface area contributed by atoms with Gasteiger partial charge in [0.2, 0.25) is 0 Å². The minimum Gasteiger partial charge on any atom is -0.380 e. The number of sulfonamides is 1. The van der Waals surface area contributed by atoms with E-state index in [4.69, 9.17) is 0 Å². The molecule has 0 spiro atoms. The van der Waals surface area contributed by atoms with Crippen molar-refractivity contribution in [3.05, 3.63) is 41.0 Å². The van der Waals surface area contributed by atoms with Gasteiger partial charge in [-0.3, -0.25) is 0 Å². The summed E-state index contributed by atoms with van der Waals surface area (Å²) in [4.78, 5) is 4.20. The summed E-state index contributed by atoms with van der Waals surface area (Å²) in [6.07, 6.45) is 0. The number of aryl methyl sites for hydroxylation is 2. The van der Waals surface area contributed by atoms with Crippen LogP contribution in [0.25, 0.3) is 0 Å². The van der Waals surface area contributed by atoms with Crippen molar-refractivity contribution in [1.29, 1.82) is 0 Å². The van der Waals surface area contributed by atoms with Gasteiger partial charge in [0.25, 0.3) is 10.0 Å². The Morgan fingerprint density at radius 3 is 2.48 bits per heavy atom. The minimum atomic E-state index is -3.39. The fourth-order valence-corrected chi connectivity index (χ4v) is 5.51. The van der Waals surface area contributed by atoms with Crippen molar-refractivity contribution in [3.8, 4) is 0 Å². The van der Waals surface area contributed by atoms with Gasteiger partial charge in [-0.05, 0) is 26.0 Å². The van der Waals surface area contributed by atoms with E-state index in [-0.39, 0.29) is 6.04 Å². The van der Waals surface area contributed by atoms with Crippen LogP contribution in [-0.4, -0.2) is 36.8 Å². The Bertz CT molecular complexity index is 735. The molecule has 1 aliphatic heterocycles. The topological polar surface area (TPSA) is 62.3 Å². The Morgan fingerprint density at radius 2 is 1.90 bits per heavy atom. The molecule has 2 heterocycles. The molecule has 0 amide bonds. The van der Waals surface area contributed by atoms with Gasteiger partial charge in [0.15, 0.2) is 4.21 Å².